The molecule has 0 N–H and O–H groups in total. The van der Waals surface area contributed by atoms with Crippen LogP contribution in [0.3, 0.4) is 0 Å². The number of nitrogens with zero attached hydrogens (tertiary/aromatic N) is 5. The van der Waals surface area contributed by atoms with Crippen molar-refractivity contribution in [3.63, 3.8) is 0 Å². The molecule has 0 fully saturated rings. The number of aromatic nitrogens is 3. The van der Waals surface area contributed by atoms with Crippen molar-refractivity contribution in [3.8, 4) is 79.7 Å². The van der Waals surface area contributed by atoms with Crippen molar-refractivity contribution in [1.29, 1.82) is 10.5 Å². The van der Waals surface area contributed by atoms with E-state index in [1.165, 1.54) is 44.5 Å². The van der Waals surface area contributed by atoms with Crippen LogP contribution in [0.25, 0.3) is 67.5 Å². The van der Waals surface area contributed by atoms with Crippen LogP contribution < -0.4 is 0 Å². The molecule has 2 aliphatic rings. The van der Waals surface area contributed by atoms with E-state index in [1.54, 1.807) is 24.3 Å². The minimum absolute atomic E-state index is 0.497. The van der Waals surface area contributed by atoms with Crippen molar-refractivity contribution >= 4 is 0 Å². The van der Waals surface area contributed by atoms with Gasteiger partial charge < -0.3 is 0 Å². The zero-order chi connectivity index (χ0) is 35.5. The van der Waals surface area contributed by atoms with Gasteiger partial charge in [-0.3, -0.25) is 0 Å². The van der Waals surface area contributed by atoms with Crippen molar-refractivity contribution in [2.45, 2.75) is 5.41 Å². The Morgan fingerprint density at radius 2 is 0.679 bits per heavy atom. The van der Waals surface area contributed by atoms with Gasteiger partial charge in [0.1, 0.15) is 0 Å². The molecule has 0 bridgehead atoms. The fourth-order valence-corrected chi connectivity index (χ4v) is 8.34. The third-order valence-corrected chi connectivity index (χ3v) is 10.7. The minimum Gasteiger partial charge on any atom is -0.208 e. The van der Waals surface area contributed by atoms with E-state index in [1.807, 2.05) is 24.3 Å². The first-order chi connectivity index (χ1) is 26.2. The molecule has 0 atom stereocenters. The van der Waals surface area contributed by atoms with Crippen LogP contribution in [-0.4, -0.2) is 15.0 Å². The van der Waals surface area contributed by atoms with Crippen LogP contribution in [0.1, 0.15) is 33.4 Å². The molecule has 0 saturated heterocycles. The molecular formula is C48H27N5. The summed E-state index contributed by atoms with van der Waals surface area (Å²) in [6.07, 6.45) is 0. The first-order valence-electron chi connectivity index (χ1n) is 17.5. The molecule has 1 aromatic heterocycles. The van der Waals surface area contributed by atoms with Crippen LogP contribution in [0, 0.1) is 22.7 Å². The normalized spacial score (nSPS) is 12.6. The molecule has 53 heavy (non-hydrogen) atoms. The number of nitriles is 2. The van der Waals surface area contributed by atoms with E-state index in [4.69, 9.17) is 15.0 Å². The zero-order valence-electron chi connectivity index (χ0n) is 28.3. The van der Waals surface area contributed by atoms with E-state index in [-0.39, 0.29) is 0 Å². The minimum atomic E-state index is -0.572. The molecule has 0 radical (unpaired) electrons. The summed E-state index contributed by atoms with van der Waals surface area (Å²) in [6.45, 7) is 0. The van der Waals surface area contributed by atoms with Gasteiger partial charge in [-0.05, 0) is 110 Å². The third-order valence-electron chi connectivity index (χ3n) is 10.7. The molecule has 5 nitrogen and oxygen atoms in total. The number of hydrogen-bond donors (Lipinski definition) is 0. The molecule has 5 heteroatoms. The molecule has 0 amide bonds. The summed E-state index contributed by atoms with van der Waals surface area (Å²) in [6, 6.07) is 60.8. The van der Waals surface area contributed by atoms with Crippen LogP contribution in [-0.2, 0) is 5.41 Å². The molecule has 0 aliphatic heterocycles. The van der Waals surface area contributed by atoms with E-state index in [2.05, 4.69) is 127 Å². The van der Waals surface area contributed by atoms with Crippen molar-refractivity contribution in [1.82, 2.24) is 15.0 Å². The van der Waals surface area contributed by atoms with Crippen molar-refractivity contribution < 1.29 is 0 Å². The molecule has 8 aromatic rings. The van der Waals surface area contributed by atoms with Crippen LogP contribution >= 0.6 is 0 Å². The second-order valence-electron chi connectivity index (χ2n) is 13.4. The second kappa shape index (κ2) is 11.8. The Morgan fingerprint density at radius 1 is 0.340 bits per heavy atom. The van der Waals surface area contributed by atoms with Gasteiger partial charge in [0.05, 0.1) is 28.7 Å². The van der Waals surface area contributed by atoms with Crippen LogP contribution in [0.15, 0.2) is 164 Å². The average molecular weight is 674 g/mol. The molecular weight excluding hydrogens is 647 g/mol. The summed E-state index contributed by atoms with van der Waals surface area (Å²) in [7, 11) is 0. The summed E-state index contributed by atoms with van der Waals surface area (Å²) >= 11 is 0. The number of rotatable bonds is 3. The molecule has 1 heterocycles. The molecule has 0 saturated carbocycles. The fraction of sp³-hybridized carbons (Fsp3) is 0.0208. The highest BCUT2D eigenvalue weighted by molar-refractivity contribution is 5.97. The Hall–Kier alpha value is -7.47. The van der Waals surface area contributed by atoms with Gasteiger partial charge in [-0.25, -0.2) is 15.0 Å². The Balaban J connectivity index is 1.26. The van der Waals surface area contributed by atoms with Gasteiger partial charge in [0.25, 0.3) is 0 Å². The lowest BCUT2D eigenvalue weighted by Gasteiger charge is -2.35. The van der Waals surface area contributed by atoms with Gasteiger partial charge in [0.15, 0.2) is 17.5 Å². The lowest BCUT2D eigenvalue weighted by Crippen LogP contribution is -2.29. The van der Waals surface area contributed by atoms with Crippen molar-refractivity contribution in [3.05, 3.63) is 197 Å². The highest BCUT2D eigenvalue weighted by Crippen LogP contribution is 2.61. The highest BCUT2D eigenvalue weighted by atomic mass is 15.0. The summed E-state index contributed by atoms with van der Waals surface area (Å²) in [4.78, 5) is 15.0. The average Bonchev–Trinajstić information content (AvgIpc) is 3.48. The van der Waals surface area contributed by atoms with Gasteiger partial charge in [-0.15, -0.1) is 0 Å². The van der Waals surface area contributed by atoms with Crippen LogP contribution in [0.2, 0.25) is 0 Å². The van der Waals surface area contributed by atoms with Gasteiger partial charge in [0, 0.05) is 16.7 Å². The lowest BCUT2D eigenvalue weighted by molar-refractivity contribution is 0.775. The maximum atomic E-state index is 9.44. The standard InChI is InChI=1S/C48H27N5/c49-28-30-17-21-32(22-18-30)45-51-46(33-23-19-31(29-50)20-24-33)53-47(52-45)34-25-26-44-40(27-34)36-10-2-1-9-35(36)37-11-3-6-14-41(37)48(44)42-15-7-4-12-38(42)39-13-5-8-16-43(39)48/h1-27H. The highest BCUT2D eigenvalue weighted by Gasteiger charge is 2.49. The van der Waals surface area contributed by atoms with Gasteiger partial charge in [-0.2, -0.15) is 10.5 Å². The Morgan fingerprint density at radius 3 is 1.13 bits per heavy atom. The molecule has 0 unspecified atom stereocenters. The number of hydrogen-bond acceptors (Lipinski definition) is 5. The predicted molar refractivity (Wildman–Crippen MR) is 207 cm³/mol. The van der Waals surface area contributed by atoms with E-state index in [9.17, 15) is 10.5 Å². The van der Waals surface area contributed by atoms with Crippen LogP contribution in [0.4, 0.5) is 0 Å². The number of fused-ring (bicyclic) bond motifs is 12. The monoisotopic (exact) mass is 673 g/mol. The quantitative estimate of drug-likeness (QED) is 0.186. The summed E-state index contributed by atoms with van der Waals surface area (Å²) in [5.74, 6) is 1.52. The Bertz CT molecular complexity index is 2740. The first-order valence-corrected chi connectivity index (χ1v) is 17.5. The molecule has 244 valence electrons. The van der Waals surface area contributed by atoms with Gasteiger partial charge >= 0.3 is 0 Å². The third kappa shape index (κ3) is 4.52. The Kier molecular flexibility index (Phi) is 6.76. The summed E-state index contributed by atoms with van der Waals surface area (Å²) < 4.78 is 0. The first kappa shape index (κ1) is 30.4. The van der Waals surface area contributed by atoms with E-state index >= 15 is 0 Å². The maximum Gasteiger partial charge on any atom is 0.164 e. The Labute approximate surface area is 306 Å². The topological polar surface area (TPSA) is 86.2 Å². The zero-order valence-corrected chi connectivity index (χ0v) is 28.3. The molecule has 1 spiro atoms. The molecule has 7 aromatic carbocycles. The van der Waals surface area contributed by atoms with Crippen molar-refractivity contribution in [2.24, 2.45) is 0 Å². The lowest BCUT2D eigenvalue weighted by atomic mass is 9.66. The second-order valence-corrected chi connectivity index (χ2v) is 13.4. The number of benzene rings is 7. The molecule has 2 aliphatic carbocycles. The summed E-state index contributed by atoms with van der Waals surface area (Å²) in [5.41, 5.74) is 15.1. The van der Waals surface area contributed by atoms with Gasteiger partial charge in [-0.1, -0.05) is 109 Å². The largest absolute Gasteiger partial charge is 0.208 e. The predicted octanol–water partition coefficient (Wildman–Crippen LogP) is 10.6. The molecule has 10 rings (SSSR count). The van der Waals surface area contributed by atoms with Crippen molar-refractivity contribution in [2.75, 3.05) is 0 Å². The van der Waals surface area contributed by atoms with E-state index in [0.717, 1.165) is 27.8 Å². The fourth-order valence-electron chi connectivity index (χ4n) is 8.34. The maximum absolute atomic E-state index is 9.44. The van der Waals surface area contributed by atoms with Gasteiger partial charge in [0.2, 0.25) is 0 Å². The summed E-state index contributed by atoms with van der Waals surface area (Å²) in [5, 5.41) is 18.9. The van der Waals surface area contributed by atoms with E-state index in [0.29, 0.717) is 28.6 Å². The SMILES string of the molecule is N#Cc1ccc(-c2nc(-c3ccc(C#N)cc3)nc(-c3ccc4c(c3)-c3ccccc3-c3ccccc3C43c4ccccc4-c4ccccc43)n2)cc1. The van der Waals surface area contributed by atoms with E-state index < -0.39 is 5.41 Å². The smallest absolute Gasteiger partial charge is 0.164 e. The van der Waals surface area contributed by atoms with Crippen LogP contribution in [0.5, 0.6) is 0 Å².